The first-order valence-corrected chi connectivity index (χ1v) is 8.39. The summed E-state index contributed by atoms with van der Waals surface area (Å²) in [6, 6.07) is 14.8. The van der Waals surface area contributed by atoms with Crippen molar-refractivity contribution in [3.05, 3.63) is 66.0 Å². The number of aromatic nitrogens is 4. The summed E-state index contributed by atoms with van der Waals surface area (Å²) in [5.41, 5.74) is 1.52. The predicted octanol–water partition coefficient (Wildman–Crippen LogP) is 2.92. The van der Waals surface area contributed by atoms with Crippen LogP contribution in [-0.2, 0) is 6.42 Å². The lowest BCUT2D eigenvalue weighted by Gasteiger charge is -2.08. The van der Waals surface area contributed by atoms with Gasteiger partial charge in [-0.3, -0.25) is 4.79 Å². The van der Waals surface area contributed by atoms with Crippen LogP contribution in [0.25, 0.3) is 5.69 Å². The molecule has 0 saturated heterocycles. The van der Waals surface area contributed by atoms with Crippen molar-refractivity contribution in [3.8, 4) is 11.4 Å². The quantitative estimate of drug-likeness (QED) is 0.627. The van der Waals surface area contributed by atoms with Crippen molar-refractivity contribution in [3.63, 3.8) is 0 Å². The number of carbonyl (C=O) groups is 1. The van der Waals surface area contributed by atoms with E-state index >= 15 is 0 Å². The summed E-state index contributed by atoms with van der Waals surface area (Å²) in [4.78, 5) is 13.1. The molecule has 0 saturated carbocycles. The van der Waals surface area contributed by atoms with Crippen molar-refractivity contribution >= 4 is 5.91 Å². The molecule has 3 aromatic rings. The molecule has 0 aliphatic carbocycles. The topological polar surface area (TPSA) is 81.9 Å². The zero-order valence-electron chi connectivity index (χ0n) is 14.6. The van der Waals surface area contributed by atoms with Crippen LogP contribution in [-0.4, -0.2) is 39.0 Å². The van der Waals surface area contributed by atoms with Gasteiger partial charge in [-0.25, -0.2) is 0 Å². The van der Waals surface area contributed by atoms with Gasteiger partial charge in [0.25, 0.3) is 11.7 Å². The van der Waals surface area contributed by atoms with Gasteiger partial charge < -0.3 is 10.1 Å². The average molecular weight is 391 g/mol. The Morgan fingerprint density at radius 1 is 1.07 bits per heavy atom. The van der Waals surface area contributed by atoms with Crippen molar-refractivity contribution in [1.29, 1.82) is 0 Å². The fourth-order valence-electron chi connectivity index (χ4n) is 2.41. The number of ether oxygens (including phenoxy) is 1. The molecule has 0 atom stereocenters. The van der Waals surface area contributed by atoms with Gasteiger partial charge in [-0.2, -0.15) is 0 Å². The van der Waals surface area contributed by atoms with Crippen molar-refractivity contribution in [2.45, 2.75) is 19.2 Å². The maximum Gasteiger partial charge on any atom is 0.573 e. The monoisotopic (exact) mass is 391 g/mol. The molecular formula is C18H16F3N5O2. The molecule has 10 heteroatoms. The van der Waals surface area contributed by atoms with Crippen LogP contribution in [0.4, 0.5) is 13.2 Å². The number of aryl methyl sites for hydroxylation is 1. The molecule has 1 amide bonds. The molecule has 2 aromatic carbocycles. The number of amides is 1. The van der Waals surface area contributed by atoms with Crippen LogP contribution in [0.1, 0.15) is 22.6 Å². The Morgan fingerprint density at radius 2 is 1.79 bits per heavy atom. The molecule has 0 aliphatic rings. The smallest absolute Gasteiger partial charge is 0.406 e. The highest BCUT2D eigenvalue weighted by Gasteiger charge is 2.31. The first-order chi connectivity index (χ1) is 13.4. The predicted molar refractivity (Wildman–Crippen MR) is 92.9 cm³/mol. The number of alkyl halides is 3. The molecule has 0 radical (unpaired) electrons. The number of nitrogens with one attached hydrogen (secondary N) is 1. The van der Waals surface area contributed by atoms with E-state index in [9.17, 15) is 18.0 Å². The molecule has 146 valence electrons. The molecule has 7 nitrogen and oxygen atoms in total. The van der Waals surface area contributed by atoms with Gasteiger partial charge in [0, 0.05) is 6.54 Å². The van der Waals surface area contributed by atoms with E-state index in [0.29, 0.717) is 12.2 Å². The summed E-state index contributed by atoms with van der Waals surface area (Å²) >= 11 is 0. The van der Waals surface area contributed by atoms with Crippen molar-refractivity contribution in [2.75, 3.05) is 6.54 Å². The third-order valence-electron chi connectivity index (χ3n) is 3.69. The Morgan fingerprint density at radius 3 is 2.46 bits per heavy atom. The molecule has 0 unspecified atom stereocenters. The third kappa shape index (κ3) is 5.53. The van der Waals surface area contributed by atoms with E-state index in [0.717, 1.165) is 29.8 Å². The minimum Gasteiger partial charge on any atom is -0.406 e. The lowest BCUT2D eigenvalue weighted by Crippen LogP contribution is -2.26. The number of carbonyl (C=O) groups excluding carboxylic acids is 1. The minimum atomic E-state index is -4.77. The normalized spacial score (nSPS) is 11.2. The van der Waals surface area contributed by atoms with E-state index in [1.54, 1.807) is 0 Å². The SMILES string of the molecule is O=C(NCCCc1ccccc1)c1nnn(-c2ccc(OC(F)(F)F)cc2)n1. The molecule has 0 bridgehead atoms. The van der Waals surface area contributed by atoms with Gasteiger partial charge in [0.1, 0.15) is 5.75 Å². The number of halogens is 3. The Hall–Kier alpha value is -3.43. The highest BCUT2D eigenvalue weighted by Crippen LogP contribution is 2.23. The lowest BCUT2D eigenvalue weighted by atomic mass is 10.1. The molecule has 1 N–H and O–H groups in total. The van der Waals surface area contributed by atoms with Crippen LogP contribution < -0.4 is 10.1 Å². The number of hydrogen-bond acceptors (Lipinski definition) is 5. The van der Waals surface area contributed by atoms with Crippen LogP contribution in [0.2, 0.25) is 0 Å². The summed E-state index contributed by atoms with van der Waals surface area (Å²) in [5.74, 6) is -0.973. The van der Waals surface area contributed by atoms with E-state index in [1.807, 2.05) is 30.3 Å². The van der Waals surface area contributed by atoms with Crippen LogP contribution in [0.5, 0.6) is 5.75 Å². The van der Waals surface area contributed by atoms with Crippen molar-refractivity contribution < 1.29 is 22.7 Å². The molecule has 0 spiro atoms. The zero-order chi connectivity index (χ0) is 20.0. The Bertz CT molecular complexity index is 911. The van der Waals surface area contributed by atoms with Crippen LogP contribution in [0.3, 0.4) is 0 Å². The van der Waals surface area contributed by atoms with Gasteiger partial charge in [-0.05, 0) is 47.9 Å². The number of nitrogens with zero attached hydrogens (tertiary/aromatic N) is 4. The minimum absolute atomic E-state index is 0.129. The van der Waals surface area contributed by atoms with E-state index in [1.165, 1.54) is 17.7 Å². The first kappa shape index (κ1) is 19.3. The second kappa shape index (κ2) is 8.51. The number of rotatable bonds is 7. The second-order valence-electron chi connectivity index (χ2n) is 5.79. The standard InChI is InChI=1S/C18H16F3N5O2/c19-18(20,21)28-15-10-8-14(9-11-15)26-24-16(23-25-26)17(27)22-12-4-7-13-5-2-1-3-6-13/h1-3,5-6,8-11H,4,7,12H2,(H,22,27). The summed E-state index contributed by atoms with van der Waals surface area (Å²) in [6.07, 6.45) is -3.18. The van der Waals surface area contributed by atoms with E-state index < -0.39 is 12.3 Å². The molecular weight excluding hydrogens is 375 g/mol. The number of hydrogen-bond donors (Lipinski definition) is 1. The molecule has 1 heterocycles. The van der Waals surface area contributed by atoms with Gasteiger partial charge in [-0.1, -0.05) is 30.3 Å². The average Bonchev–Trinajstić information content (AvgIpc) is 3.15. The maximum atomic E-state index is 12.2. The Labute approximate surface area is 158 Å². The van der Waals surface area contributed by atoms with E-state index in [-0.39, 0.29) is 11.6 Å². The van der Waals surface area contributed by atoms with Gasteiger partial charge in [0.2, 0.25) is 0 Å². The van der Waals surface area contributed by atoms with Gasteiger partial charge >= 0.3 is 6.36 Å². The Kier molecular flexibility index (Phi) is 5.87. The zero-order valence-corrected chi connectivity index (χ0v) is 14.6. The van der Waals surface area contributed by atoms with Gasteiger partial charge in [-0.15, -0.1) is 28.2 Å². The third-order valence-corrected chi connectivity index (χ3v) is 3.69. The highest BCUT2D eigenvalue weighted by molar-refractivity contribution is 5.90. The van der Waals surface area contributed by atoms with Crippen molar-refractivity contribution in [2.24, 2.45) is 0 Å². The second-order valence-corrected chi connectivity index (χ2v) is 5.79. The molecule has 0 aliphatic heterocycles. The fraction of sp³-hybridized carbons (Fsp3) is 0.222. The first-order valence-electron chi connectivity index (χ1n) is 8.39. The molecule has 28 heavy (non-hydrogen) atoms. The van der Waals surface area contributed by atoms with Gasteiger partial charge in [0.15, 0.2) is 0 Å². The summed E-state index contributed by atoms with van der Waals surface area (Å²) in [5, 5.41) is 14.1. The molecule has 3 rings (SSSR count). The maximum absolute atomic E-state index is 12.2. The fourth-order valence-corrected chi connectivity index (χ4v) is 2.41. The summed E-state index contributed by atoms with van der Waals surface area (Å²) in [6.45, 7) is 0.450. The largest absolute Gasteiger partial charge is 0.573 e. The summed E-state index contributed by atoms with van der Waals surface area (Å²) < 4.78 is 40.3. The van der Waals surface area contributed by atoms with Crippen molar-refractivity contribution in [1.82, 2.24) is 25.5 Å². The van der Waals surface area contributed by atoms with Crippen LogP contribution in [0.15, 0.2) is 54.6 Å². The molecule has 0 fully saturated rings. The number of tetrazole rings is 1. The molecule has 1 aromatic heterocycles. The summed E-state index contributed by atoms with van der Waals surface area (Å²) in [7, 11) is 0. The highest BCUT2D eigenvalue weighted by atomic mass is 19.4. The lowest BCUT2D eigenvalue weighted by molar-refractivity contribution is -0.274. The Balaban J connectivity index is 1.52. The van der Waals surface area contributed by atoms with Crippen LogP contribution in [0, 0.1) is 0 Å². The van der Waals surface area contributed by atoms with Crippen LogP contribution >= 0.6 is 0 Å². The van der Waals surface area contributed by atoms with Gasteiger partial charge in [0.05, 0.1) is 5.69 Å². The van der Waals surface area contributed by atoms with E-state index in [4.69, 9.17) is 0 Å². The number of benzene rings is 2. The van der Waals surface area contributed by atoms with E-state index in [2.05, 4.69) is 25.5 Å².